The molecule has 0 rings (SSSR count). The second-order valence-electron chi connectivity index (χ2n) is 2.22. The van der Waals surface area contributed by atoms with E-state index in [1.165, 1.54) is 6.08 Å². The van der Waals surface area contributed by atoms with E-state index in [0.29, 0.717) is 6.54 Å². The maximum Gasteiger partial charge on any atom is 0.243 e. The number of amides is 1. The third-order valence-electron chi connectivity index (χ3n) is 0.916. The zero-order chi connectivity index (χ0) is 7.98. The molecular weight excluding hydrogens is 128 g/mol. The highest BCUT2D eigenvalue weighted by molar-refractivity contribution is 5.87. The van der Waals surface area contributed by atoms with Gasteiger partial charge in [0, 0.05) is 12.6 Å². The fourth-order valence-electron chi connectivity index (χ4n) is 0.472. The molecule has 0 aromatic heterocycles. The number of carbonyl (C=O) groups is 1. The van der Waals surface area contributed by atoms with Crippen LogP contribution in [0.4, 0.5) is 0 Å². The smallest absolute Gasteiger partial charge is 0.243 e. The summed E-state index contributed by atoms with van der Waals surface area (Å²) in [6, 6.07) is 0.0224. The third-order valence-corrected chi connectivity index (χ3v) is 0.916. The number of nitrogens with two attached hydrogens (primary N) is 1. The predicted molar refractivity (Wildman–Crippen MR) is 41.5 cm³/mol. The van der Waals surface area contributed by atoms with Crippen molar-refractivity contribution in [2.75, 3.05) is 6.54 Å². The molecule has 0 spiro atoms. The van der Waals surface area contributed by atoms with Gasteiger partial charge in [-0.3, -0.25) is 4.79 Å². The standard InChI is InChI=1S/C7H14N2O/c1-3-4-7(10)9-5-6(2)8/h3-4,6H,5,8H2,1-2H3,(H,9,10)/b4-3+. The number of hydrogen-bond acceptors (Lipinski definition) is 2. The highest BCUT2D eigenvalue weighted by Gasteiger charge is 1.95. The summed E-state index contributed by atoms with van der Waals surface area (Å²) in [5.41, 5.74) is 5.40. The van der Waals surface area contributed by atoms with Crippen LogP contribution in [0.2, 0.25) is 0 Å². The predicted octanol–water partition coefficient (Wildman–Crippen LogP) is 0.0259. The molecule has 0 bridgehead atoms. The van der Waals surface area contributed by atoms with Crippen LogP contribution in [0.15, 0.2) is 12.2 Å². The van der Waals surface area contributed by atoms with E-state index >= 15 is 0 Å². The number of nitrogens with one attached hydrogen (secondary N) is 1. The molecule has 0 saturated carbocycles. The maximum atomic E-state index is 10.7. The molecule has 1 atom stereocenters. The average molecular weight is 142 g/mol. The molecule has 0 heterocycles. The van der Waals surface area contributed by atoms with Gasteiger partial charge in [0.25, 0.3) is 0 Å². The van der Waals surface area contributed by atoms with Crippen LogP contribution in [0.25, 0.3) is 0 Å². The lowest BCUT2D eigenvalue weighted by molar-refractivity contribution is -0.116. The Morgan fingerprint density at radius 1 is 1.80 bits per heavy atom. The molecule has 1 unspecified atom stereocenters. The van der Waals surface area contributed by atoms with E-state index < -0.39 is 0 Å². The number of hydrogen-bond donors (Lipinski definition) is 2. The van der Waals surface area contributed by atoms with Crippen molar-refractivity contribution in [2.24, 2.45) is 5.73 Å². The zero-order valence-electron chi connectivity index (χ0n) is 6.42. The van der Waals surface area contributed by atoms with Crippen molar-refractivity contribution in [2.45, 2.75) is 19.9 Å². The minimum Gasteiger partial charge on any atom is -0.351 e. The molecule has 0 aliphatic rings. The van der Waals surface area contributed by atoms with Crippen LogP contribution in [-0.2, 0) is 4.79 Å². The summed E-state index contributed by atoms with van der Waals surface area (Å²) in [5.74, 6) is -0.0835. The molecule has 3 N–H and O–H groups in total. The molecule has 0 saturated heterocycles. The van der Waals surface area contributed by atoms with Crippen LogP contribution >= 0.6 is 0 Å². The highest BCUT2D eigenvalue weighted by atomic mass is 16.1. The maximum absolute atomic E-state index is 10.7. The first-order valence-corrected chi connectivity index (χ1v) is 3.33. The lowest BCUT2D eigenvalue weighted by Crippen LogP contribution is -2.34. The highest BCUT2D eigenvalue weighted by Crippen LogP contribution is 1.73. The van der Waals surface area contributed by atoms with Gasteiger partial charge in [-0.2, -0.15) is 0 Å². The Kier molecular flexibility index (Phi) is 4.58. The molecule has 0 aromatic rings. The summed E-state index contributed by atoms with van der Waals surface area (Å²) in [4.78, 5) is 10.7. The summed E-state index contributed by atoms with van der Waals surface area (Å²) >= 11 is 0. The van der Waals surface area contributed by atoms with Crippen LogP contribution in [0.1, 0.15) is 13.8 Å². The van der Waals surface area contributed by atoms with E-state index in [9.17, 15) is 4.79 Å². The van der Waals surface area contributed by atoms with E-state index in [1.807, 2.05) is 6.92 Å². The van der Waals surface area contributed by atoms with Gasteiger partial charge in [-0.25, -0.2) is 0 Å². The molecule has 3 nitrogen and oxygen atoms in total. The molecule has 58 valence electrons. The SMILES string of the molecule is C/C=C/C(=O)NCC(C)N. The van der Waals surface area contributed by atoms with Gasteiger partial charge in [0.1, 0.15) is 0 Å². The fourth-order valence-corrected chi connectivity index (χ4v) is 0.472. The van der Waals surface area contributed by atoms with Gasteiger partial charge in [-0.05, 0) is 19.9 Å². The molecule has 1 amide bonds. The van der Waals surface area contributed by atoms with Gasteiger partial charge in [0.15, 0.2) is 0 Å². The Morgan fingerprint density at radius 3 is 2.80 bits per heavy atom. The zero-order valence-corrected chi connectivity index (χ0v) is 6.42. The van der Waals surface area contributed by atoms with Gasteiger partial charge in [0.05, 0.1) is 0 Å². The molecule has 0 radical (unpaired) electrons. The van der Waals surface area contributed by atoms with Gasteiger partial charge in [-0.15, -0.1) is 0 Å². The molecular formula is C7H14N2O. The van der Waals surface area contributed by atoms with Crippen LogP contribution in [0.3, 0.4) is 0 Å². The van der Waals surface area contributed by atoms with Crippen molar-refractivity contribution in [3.05, 3.63) is 12.2 Å². The Hall–Kier alpha value is -0.830. The van der Waals surface area contributed by atoms with Crippen LogP contribution in [-0.4, -0.2) is 18.5 Å². The molecule has 0 aliphatic carbocycles. The van der Waals surface area contributed by atoms with Gasteiger partial charge < -0.3 is 11.1 Å². The Morgan fingerprint density at radius 2 is 2.40 bits per heavy atom. The minimum absolute atomic E-state index is 0.0224. The van der Waals surface area contributed by atoms with Crippen LogP contribution in [0, 0.1) is 0 Å². The van der Waals surface area contributed by atoms with E-state index in [2.05, 4.69) is 5.32 Å². The first-order chi connectivity index (χ1) is 4.66. The quantitative estimate of drug-likeness (QED) is 0.546. The summed E-state index contributed by atoms with van der Waals surface area (Å²) in [6.45, 7) is 4.17. The molecule has 10 heavy (non-hydrogen) atoms. The Bertz CT molecular complexity index is 130. The van der Waals surface area contributed by atoms with Crippen molar-refractivity contribution in [1.82, 2.24) is 5.32 Å². The Labute approximate surface area is 61.3 Å². The number of allylic oxidation sites excluding steroid dienone is 1. The topological polar surface area (TPSA) is 55.1 Å². The van der Waals surface area contributed by atoms with Crippen LogP contribution in [0.5, 0.6) is 0 Å². The normalized spacial score (nSPS) is 13.5. The summed E-state index contributed by atoms with van der Waals surface area (Å²) in [7, 11) is 0. The van der Waals surface area contributed by atoms with E-state index in [4.69, 9.17) is 5.73 Å². The second kappa shape index (κ2) is 4.99. The summed E-state index contributed by atoms with van der Waals surface area (Å²) in [5, 5.41) is 2.63. The van der Waals surface area contributed by atoms with E-state index in [1.54, 1.807) is 13.0 Å². The molecule has 0 fully saturated rings. The molecule has 3 heteroatoms. The van der Waals surface area contributed by atoms with Crippen molar-refractivity contribution >= 4 is 5.91 Å². The average Bonchev–Trinajstić information content (AvgIpc) is 1.85. The fraction of sp³-hybridized carbons (Fsp3) is 0.571. The van der Waals surface area contributed by atoms with Crippen molar-refractivity contribution < 1.29 is 4.79 Å². The van der Waals surface area contributed by atoms with Crippen LogP contribution < -0.4 is 11.1 Å². The van der Waals surface area contributed by atoms with Gasteiger partial charge >= 0.3 is 0 Å². The second-order valence-corrected chi connectivity index (χ2v) is 2.22. The van der Waals surface area contributed by atoms with Gasteiger partial charge in [-0.1, -0.05) is 6.08 Å². The summed E-state index contributed by atoms with van der Waals surface area (Å²) < 4.78 is 0. The lowest BCUT2D eigenvalue weighted by atomic mass is 10.3. The first kappa shape index (κ1) is 9.17. The number of rotatable bonds is 3. The van der Waals surface area contributed by atoms with Crippen molar-refractivity contribution in [1.29, 1.82) is 0 Å². The Balaban J connectivity index is 3.40. The minimum atomic E-state index is -0.0835. The largest absolute Gasteiger partial charge is 0.351 e. The number of carbonyl (C=O) groups excluding carboxylic acids is 1. The lowest BCUT2D eigenvalue weighted by Gasteiger charge is -2.03. The first-order valence-electron chi connectivity index (χ1n) is 3.33. The van der Waals surface area contributed by atoms with E-state index in [-0.39, 0.29) is 11.9 Å². The monoisotopic (exact) mass is 142 g/mol. The summed E-state index contributed by atoms with van der Waals surface area (Å²) in [6.07, 6.45) is 3.17. The van der Waals surface area contributed by atoms with Crippen molar-refractivity contribution in [3.63, 3.8) is 0 Å². The van der Waals surface area contributed by atoms with E-state index in [0.717, 1.165) is 0 Å². The molecule has 0 aromatic carbocycles. The molecule has 0 aliphatic heterocycles. The van der Waals surface area contributed by atoms with Crippen molar-refractivity contribution in [3.8, 4) is 0 Å². The van der Waals surface area contributed by atoms with Gasteiger partial charge in [0.2, 0.25) is 5.91 Å². The third kappa shape index (κ3) is 5.31.